The molecule has 6 heteroatoms. The van der Waals surface area contributed by atoms with Crippen molar-refractivity contribution in [3.05, 3.63) is 35.4 Å². The van der Waals surface area contributed by atoms with Crippen LogP contribution in [0.25, 0.3) is 0 Å². The third-order valence-corrected chi connectivity index (χ3v) is 2.84. The van der Waals surface area contributed by atoms with Gasteiger partial charge in [0.25, 0.3) is 0 Å². The first-order valence-electron chi connectivity index (χ1n) is 6.83. The van der Waals surface area contributed by atoms with Crippen LogP contribution in [0.1, 0.15) is 29.8 Å². The summed E-state index contributed by atoms with van der Waals surface area (Å²) in [5, 5.41) is 11.6. The monoisotopic (exact) mass is 294 g/mol. The van der Waals surface area contributed by atoms with Crippen molar-refractivity contribution in [1.29, 1.82) is 0 Å². The van der Waals surface area contributed by atoms with Gasteiger partial charge in [-0.1, -0.05) is 12.1 Å². The Morgan fingerprint density at radius 2 is 2.10 bits per heavy atom. The van der Waals surface area contributed by atoms with Crippen molar-refractivity contribution in [3.8, 4) is 0 Å². The Balaban J connectivity index is 2.41. The lowest BCUT2D eigenvalue weighted by Gasteiger charge is -2.18. The Bertz CT molecular complexity index is 488. The molecule has 0 atom stereocenters. The van der Waals surface area contributed by atoms with Crippen molar-refractivity contribution < 1.29 is 19.4 Å². The standard InChI is InChI=1S/C15H22N2O4/c1-11(2)21-8-7-17(3)15(20)16-10-12-5-4-6-13(9-12)14(18)19/h4-6,9,11H,7-8,10H2,1-3H3,(H,16,20)(H,18,19). The van der Waals surface area contributed by atoms with Crippen molar-refractivity contribution in [1.82, 2.24) is 10.2 Å². The number of benzene rings is 1. The number of urea groups is 1. The summed E-state index contributed by atoms with van der Waals surface area (Å²) in [5.74, 6) is -0.980. The number of ether oxygens (including phenoxy) is 1. The molecule has 0 aromatic heterocycles. The predicted octanol–water partition coefficient (Wildman–Crippen LogP) is 1.95. The maximum Gasteiger partial charge on any atom is 0.335 e. The van der Waals surface area contributed by atoms with Crippen LogP contribution >= 0.6 is 0 Å². The van der Waals surface area contributed by atoms with Gasteiger partial charge >= 0.3 is 12.0 Å². The molecule has 0 heterocycles. The Labute approximate surface area is 124 Å². The number of carbonyl (C=O) groups is 2. The van der Waals surface area contributed by atoms with Crippen LogP contribution in [-0.4, -0.2) is 48.3 Å². The van der Waals surface area contributed by atoms with E-state index in [2.05, 4.69) is 5.32 Å². The van der Waals surface area contributed by atoms with Crippen LogP contribution in [0, 0.1) is 0 Å². The van der Waals surface area contributed by atoms with E-state index in [1.54, 1.807) is 25.2 Å². The minimum atomic E-state index is -0.980. The molecule has 0 aliphatic carbocycles. The van der Waals surface area contributed by atoms with E-state index in [9.17, 15) is 9.59 Å². The normalized spacial score (nSPS) is 10.5. The molecule has 0 unspecified atom stereocenters. The predicted molar refractivity (Wildman–Crippen MR) is 79.4 cm³/mol. The van der Waals surface area contributed by atoms with Crippen molar-refractivity contribution in [2.24, 2.45) is 0 Å². The van der Waals surface area contributed by atoms with E-state index in [0.717, 1.165) is 5.56 Å². The number of carboxylic acids is 1. The molecule has 0 aliphatic rings. The molecular formula is C15H22N2O4. The second-order valence-electron chi connectivity index (χ2n) is 5.01. The highest BCUT2D eigenvalue weighted by atomic mass is 16.5. The highest BCUT2D eigenvalue weighted by Gasteiger charge is 2.09. The average Bonchev–Trinajstić information content (AvgIpc) is 2.44. The van der Waals surface area contributed by atoms with Crippen LogP contribution in [0.15, 0.2) is 24.3 Å². The van der Waals surface area contributed by atoms with Crippen molar-refractivity contribution in [2.75, 3.05) is 20.2 Å². The second-order valence-corrected chi connectivity index (χ2v) is 5.01. The van der Waals surface area contributed by atoms with Gasteiger partial charge in [-0.25, -0.2) is 9.59 Å². The van der Waals surface area contributed by atoms with Gasteiger partial charge in [0, 0.05) is 20.1 Å². The van der Waals surface area contributed by atoms with Gasteiger partial charge in [-0.3, -0.25) is 0 Å². The summed E-state index contributed by atoms with van der Waals surface area (Å²) >= 11 is 0. The first-order valence-corrected chi connectivity index (χ1v) is 6.83. The number of nitrogens with one attached hydrogen (secondary N) is 1. The quantitative estimate of drug-likeness (QED) is 0.805. The zero-order valence-electron chi connectivity index (χ0n) is 12.6. The molecule has 0 saturated carbocycles. The fourth-order valence-corrected chi connectivity index (χ4v) is 1.65. The van der Waals surface area contributed by atoms with Gasteiger partial charge in [-0.2, -0.15) is 0 Å². The van der Waals surface area contributed by atoms with Gasteiger partial charge in [-0.05, 0) is 31.5 Å². The number of amides is 2. The SMILES string of the molecule is CC(C)OCCN(C)C(=O)NCc1cccc(C(=O)O)c1. The van der Waals surface area contributed by atoms with E-state index in [0.29, 0.717) is 13.2 Å². The van der Waals surface area contributed by atoms with Crippen molar-refractivity contribution >= 4 is 12.0 Å². The van der Waals surface area contributed by atoms with Crippen LogP contribution in [-0.2, 0) is 11.3 Å². The summed E-state index contributed by atoms with van der Waals surface area (Å²) in [6, 6.07) is 6.27. The van der Waals surface area contributed by atoms with E-state index >= 15 is 0 Å². The zero-order valence-corrected chi connectivity index (χ0v) is 12.6. The molecule has 0 bridgehead atoms. The topological polar surface area (TPSA) is 78.9 Å². The maximum atomic E-state index is 11.9. The molecule has 0 aliphatic heterocycles. The molecule has 1 rings (SSSR count). The minimum absolute atomic E-state index is 0.139. The zero-order chi connectivity index (χ0) is 15.8. The van der Waals surface area contributed by atoms with Crippen LogP contribution < -0.4 is 5.32 Å². The Kier molecular flexibility index (Phi) is 6.68. The third kappa shape index (κ3) is 6.27. The first-order chi connectivity index (χ1) is 9.90. The maximum absolute atomic E-state index is 11.9. The lowest BCUT2D eigenvalue weighted by molar-refractivity contribution is 0.0680. The summed E-state index contributed by atoms with van der Waals surface area (Å²) in [6.07, 6.45) is 0.139. The molecular weight excluding hydrogens is 272 g/mol. The Morgan fingerprint density at radius 3 is 2.71 bits per heavy atom. The lowest BCUT2D eigenvalue weighted by Crippen LogP contribution is -2.38. The van der Waals surface area contributed by atoms with Gasteiger partial charge in [0.15, 0.2) is 0 Å². The molecule has 0 radical (unpaired) electrons. The summed E-state index contributed by atoms with van der Waals surface area (Å²) in [7, 11) is 1.69. The smallest absolute Gasteiger partial charge is 0.335 e. The first kappa shape index (κ1) is 17.0. The van der Waals surface area contributed by atoms with E-state index in [-0.39, 0.29) is 24.2 Å². The molecule has 6 nitrogen and oxygen atoms in total. The number of carbonyl (C=O) groups excluding carboxylic acids is 1. The van der Waals surface area contributed by atoms with Gasteiger partial charge in [0.1, 0.15) is 0 Å². The summed E-state index contributed by atoms with van der Waals surface area (Å²) in [6.45, 7) is 5.15. The number of likely N-dealkylation sites (N-methyl/N-ethyl adjacent to an activating group) is 1. The molecule has 0 saturated heterocycles. The minimum Gasteiger partial charge on any atom is -0.478 e. The highest BCUT2D eigenvalue weighted by Crippen LogP contribution is 2.05. The highest BCUT2D eigenvalue weighted by molar-refractivity contribution is 5.87. The van der Waals surface area contributed by atoms with Crippen LogP contribution in [0.2, 0.25) is 0 Å². The fraction of sp³-hybridized carbons (Fsp3) is 0.467. The van der Waals surface area contributed by atoms with E-state index in [1.165, 1.54) is 11.0 Å². The molecule has 1 aromatic rings. The Morgan fingerprint density at radius 1 is 1.38 bits per heavy atom. The van der Waals surface area contributed by atoms with Gasteiger partial charge in [0.2, 0.25) is 0 Å². The van der Waals surface area contributed by atoms with Crippen LogP contribution in [0.5, 0.6) is 0 Å². The molecule has 0 spiro atoms. The number of hydrogen-bond donors (Lipinski definition) is 2. The second kappa shape index (κ2) is 8.26. The van der Waals surface area contributed by atoms with E-state index < -0.39 is 5.97 Å². The van der Waals surface area contributed by atoms with Crippen LogP contribution in [0.3, 0.4) is 0 Å². The van der Waals surface area contributed by atoms with E-state index in [1.807, 2.05) is 13.8 Å². The van der Waals surface area contributed by atoms with Gasteiger partial charge in [0.05, 0.1) is 18.3 Å². The Hall–Kier alpha value is -2.08. The molecule has 2 amide bonds. The van der Waals surface area contributed by atoms with Gasteiger partial charge < -0.3 is 20.1 Å². The van der Waals surface area contributed by atoms with Crippen molar-refractivity contribution in [3.63, 3.8) is 0 Å². The summed E-state index contributed by atoms with van der Waals surface area (Å²) in [4.78, 5) is 24.2. The largest absolute Gasteiger partial charge is 0.478 e. The molecule has 21 heavy (non-hydrogen) atoms. The van der Waals surface area contributed by atoms with Gasteiger partial charge in [-0.15, -0.1) is 0 Å². The molecule has 2 N–H and O–H groups in total. The number of nitrogens with zero attached hydrogens (tertiary/aromatic N) is 1. The van der Waals surface area contributed by atoms with E-state index in [4.69, 9.17) is 9.84 Å². The van der Waals surface area contributed by atoms with Crippen LogP contribution in [0.4, 0.5) is 4.79 Å². The third-order valence-electron chi connectivity index (χ3n) is 2.84. The fourth-order valence-electron chi connectivity index (χ4n) is 1.65. The summed E-state index contributed by atoms with van der Waals surface area (Å²) < 4.78 is 5.38. The average molecular weight is 294 g/mol. The lowest BCUT2D eigenvalue weighted by atomic mass is 10.1. The number of aromatic carboxylic acids is 1. The molecule has 116 valence electrons. The number of rotatable bonds is 7. The number of carboxylic acid groups (broad SMARTS) is 1. The summed E-state index contributed by atoms with van der Waals surface area (Å²) in [5.41, 5.74) is 0.954. The van der Waals surface area contributed by atoms with Crippen molar-refractivity contribution in [2.45, 2.75) is 26.5 Å². The molecule has 1 aromatic carbocycles. The number of hydrogen-bond acceptors (Lipinski definition) is 3. The molecule has 0 fully saturated rings.